The van der Waals surface area contributed by atoms with E-state index in [2.05, 4.69) is 20.2 Å². The largest absolute Gasteiger partial charge is 0.419 e. The zero-order valence-corrected chi connectivity index (χ0v) is 13.6. The van der Waals surface area contributed by atoms with Gasteiger partial charge in [0, 0.05) is 16.7 Å². The number of hydrogen-bond donors (Lipinski definition) is 2. The number of H-pyrrole nitrogens is 1. The van der Waals surface area contributed by atoms with E-state index in [4.69, 9.17) is 21.8 Å². The van der Waals surface area contributed by atoms with Crippen molar-refractivity contribution in [1.82, 2.24) is 20.2 Å². The number of aromatic amines is 1. The van der Waals surface area contributed by atoms with Crippen LogP contribution in [0.4, 0.5) is 5.82 Å². The number of rotatable bonds is 4. The van der Waals surface area contributed by atoms with Crippen molar-refractivity contribution in [2.45, 2.75) is 17.3 Å². The highest BCUT2D eigenvalue weighted by Crippen LogP contribution is 2.33. The van der Waals surface area contributed by atoms with Gasteiger partial charge in [0.1, 0.15) is 5.82 Å². The number of nitrogens with two attached hydrogens (primary N) is 1. The van der Waals surface area contributed by atoms with E-state index in [1.54, 1.807) is 18.2 Å². The third-order valence-corrected chi connectivity index (χ3v) is 4.10. The quantitative estimate of drug-likeness (QED) is 0.550. The molecule has 3 rings (SSSR count). The van der Waals surface area contributed by atoms with Crippen LogP contribution in [0.3, 0.4) is 0 Å². The fraction of sp³-hybridized carbons (Fsp3) is 0.143. The molecule has 0 aliphatic carbocycles. The van der Waals surface area contributed by atoms with Crippen molar-refractivity contribution < 1.29 is 4.42 Å². The second-order valence-corrected chi connectivity index (χ2v) is 6.46. The molecule has 3 aromatic rings. The van der Waals surface area contributed by atoms with Crippen LogP contribution in [0.15, 0.2) is 44.7 Å². The Morgan fingerprint density at radius 3 is 2.91 bits per heavy atom. The molecule has 118 valence electrons. The zero-order valence-electron chi connectivity index (χ0n) is 12.0. The van der Waals surface area contributed by atoms with Crippen molar-refractivity contribution in [3.05, 3.63) is 51.6 Å². The van der Waals surface area contributed by atoms with Crippen molar-refractivity contribution in [2.24, 2.45) is 0 Å². The average molecular weight is 350 g/mol. The smallest absolute Gasteiger partial charge is 0.253 e. The Bertz CT molecular complexity index is 895. The standard InChI is InChI=1S/C14H12ClN5O2S/c1-7(23-14-17-10(16)6-11(21)18-14)12-19-20-13(22-12)8-3-2-4-9(15)5-8/h2-7H,1H3,(H3,16,17,18,21)/t7-/m1/s1. The normalized spacial score (nSPS) is 12.3. The number of hydrogen-bond acceptors (Lipinski definition) is 7. The fourth-order valence-electron chi connectivity index (χ4n) is 1.86. The van der Waals surface area contributed by atoms with Crippen molar-refractivity contribution in [1.29, 1.82) is 0 Å². The molecule has 0 saturated heterocycles. The molecule has 0 saturated carbocycles. The molecule has 0 amide bonds. The molecule has 7 nitrogen and oxygen atoms in total. The molecule has 1 aromatic carbocycles. The van der Waals surface area contributed by atoms with Gasteiger partial charge in [0.2, 0.25) is 11.8 Å². The fourth-order valence-corrected chi connectivity index (χ4v) is 2.90. The number of thioether (sulfide) groups is 1. The molecule has 0 bridgehead atoms. The second-order valence-electron chi connectivity index (χ2n) is 4.69. The zero-order chi connectivity index (χ0) is 16.4. The number of nitrogens with zero attached hydrogens (tertiary/aromatic N) is 3. The van der Waals surface area contributed by atoms with Gasteiger partial charge in [-0.1, -0.05) is 29.4 Å². The third kappa shape index (κ3) is 3.72. The van der Waals surface area contributed by atoms with Crippen LogP contribution in [0, 0.1) is 0 Å². The van der Waals surface area contributed by atoms with E-state index in [9.17, 15) is 4.79 Å². The Morgan fingerprint density at radius 1 is 1.35 bits per heavy atom. The van der Waals surface area contributed by atoms with E-state index in [-0.39, 0.29) is 16.6 Å². The lowest BCUT2D eigenvalue weighted by Crippen LogP contribution is -2.09. The van der Waals surface area contributed by atoms with Crippen LogP contribution in [0.25, 0.3) is 11.5 Å². The van der Waals surface area contributed by atoms with Gasteiger partial charge in [-0.2, -0.15) is 0 Å². The molecule has 0 unspecified atom stereocenters. The maximum atomic E-state index is 11.4. The predicted molar refractivity (Wildman–Crippen MR) is 88.3 cm³/mol. The lowest BCUT2D eigenvalue weighted by Gasteiger charge is -2.05. The van der Waals surface area contributed by atoms with Gasteiger partial charge in [-0.25, -0.2) is 4.98 Å². The van der Waals surface area contributed by atoms with Gasteiger partial charge in [-0.3, -0.25) is 4.79 Å². The lowest BCUT2D eigenvalue weighted by molar-refractivity contribution is 0.509. The van der Waals surface area contributed by atoms with Crippen LogP contribution in [0.2, 0.25) is 5.02 Å². The summed E-state index contributed by atoms with van der Waals surface area (Å²) in [6.07, 6.45) is 0. The number of halogens is 1. The molecule has 0 aliphatic rings. The molecular formula is C14H12ClN5O2S. The first kappa shape index (κ1) is 15.6. The van der Waals surface area contributed by atoms with Crippen LogP contribution >= 0.6 is 23.4 Å². The Kier molecular flexibility index (Phi) is 4.35. The Balaban J connectivity index is 1.81. The number of aromatic nitrogens is 4. The van der Waals surface area contributed by atoms with Gasteiger partial charge in [-0.05, 0) is 25.1 Å². The Hall–Kier alpha value is -2.32. The molecule has 2 heterocycles. The summed E-state index contributed by atoms with van der Waals surface area (Å²) in [5.41, 5.74) is 5.99. The molecule has 0 fully saturated rings. The van der Waals surface area contributed by atoms with E-state index in [1.165, 1.54) is 17.8 Å². The monoisotopic (exact) mass is 349 g/mol. The molecule has 0 aliphatic heterocycles. The highest BCUT2D eigenvalue weighted by atomic mass is 35.5. The lowest BCUT2D eigenvalue weighted by atomic mass is 10.2. The van der Waals surface area contributed by atoms with Crippen LogP contribution in [-0.2, 0) is 0 Å². The van der Waals surface area contributed by atoms with E-state index in [0.717, 1.165) is 5.56 Å². The highest BCUT2D eigenvalue weighted by molar-refractivity contribution is 7.99. The number of nitrogens with one attached hydrogen (secondary N) is 1. The summed E-state index contributed by atoms with van der Waals surface area (Å²) in [6, 6.07) is 8.37. The first-order valence-corrected chi connectivity index (χ1v) is 7.90. The summed E-state index contributed by atoms with van der Waals surface area (Å²) in [5.74, 6) is 0.952. The third-order valence-electron chi connectivity index (χ3n) is 2.89. The summed E-state index contributed by atoms with van der Waals surface area (Å²) >= 11 is 7.22. The molecular weight excluding hydrogens is 338 g/mol. The highest BCUT2D eigenvalue weighted by Gasteiger charge is 2.17. The van der Waals surface area contributed by atoms with Crippen LogP contribution in [0.5, 0.6) is 0 Å². The Labute approximate surface area is 140 Å². The minimum absolute atomic E-state index is 0.161. The first-order chi connectivity index (χ1) is 11.0. The molecule has 9 heteroatoms. The predicted octanol–water partition coefficient (Wildman–Crippen LogP) is 2.91. The van der Waals surface area contributed by atoms with E-state index >= 15 is 0 Å². The van der Waals surface area contributed by atoms with Gasteiger partial charge < -0.3 is 15.1 Å². The van der Waals surface area contributed by atoms with E-state index < -0.39 is 0 Å². The van der Waals surface area contributed by atoms with Gasteiger partial charge in [0.25, 0.3) is 5.56 Å². The molecule has 0 spiro atoms. The maximum absolute atomic E-state index is 11.4. The van der Waals surface area contributed by atoms with Crippen molar-refractivity contribution in [3.63, 3.8) is 0 Å². The summed E-state index contributed by atoms with van der Waals surface area (Å²) in [4.78, 5) is 18.1. The molecule has 3 N–H and O–H groups in total. The van der Waals surface area contributed by atoms with Crippen LogP contribution in [-0.4, -0.2) is 20.2 Å². The number of nitrogen functional groups attached to an aromatic ring is 1. The van der Waals surface area contributed by atoms with Gasteiger partial charge in [0.05, 0.1) is 5.25 Å². The molecule has 2 aromatic heterocycles. The number of anilines is 1. The number of benzene rings is 1. The SMILES string of the molecule is C[C@@H](Sc1nc(N)cc(=O)[nH]1)c1nnc(-c2cccc(Cl)c2)o1. The van der Waals surface area contributed by atoms with Crippen molar-refractivity contribution in [2.75, 3.05) is 5.73 Å². The van der Waals surface area contributed by atoms with Crippen molar-refractivity contribution in [3.8, 4) is 11.5 Å². The van der Waals surface area contributed by atoms with Gasteiger partial charge in [-0.15, -0.1) is 10.2 Å². The molecule has 0 radical (unpaired) electrons. The summed E-state index contributed by atoms with van der Waals surface area (Å²) < 4.78 is 5.67. The van der Waals surface area contributed by atoms with Gasteiger partial charge in [0.15, 0.2) is 5.16 Å². The van der Waals surface area contributed by atoms with E-state index in [0.29, 0.717) is 22.0 Å². The maximum Gasteiger partial charge on any atom is 0.253 e. The average Bonchev–Trinajstić information content (AvgIpc) is 2.96. The molecule has 23 heavy (non-hydrogen) atoms. The minimum Gasteiger partial charge on any atom is -0.419 e. The second kappa shape index (κ2) is 6.43. The first-order valence-electron chi connectivity index (χ1n) is 6.64. The Morgan fingerprint density at radius 2 is 2.17 bits per heavy atom. The molecule has 1 atom stereocenters. The summed E-state index contributed by atoms with van der Waals surface area (Å²) in [5, 5.41) is 8.83. The van der Waals surface area contributed by atoms with Crippen molar-refractivity contribution >= 4 is 29.2 Å². The van der Waals surface area contributed by atoms with E-state index in [1.807, 2.05) is 13.0 Å². The summed E-state index contributed by atoms with van der Waals surface area (Å²) in [6.45, 7) is 1.86. The minimum atomic E-state index is -0.308. The summed E-state index contributed by atoms with van der Waals surface area (Å²) in [7, 11) is 0. The topological polar surface area (TPSA) is 111 Å². The van der Waals surface area contributed by atoms with Gasteiger partial charge >= 0.3 is 0 Å². The van der Waals surface area contributed by atoms with Crippen LogP contribution < -0.4 is 11.3 Å². The van der Waals surface area contributed by atoms with Crippen LogP contribution in [0.1, 0.15) is 18.1 Å².